The highest BCUT2D eigenvalue weighted by atomic mass is 19.1. The van der Waals surface area contributed by atoms with Crippen LogP contribution in [-0.4, -0.2) is 37.5 Å². The Morgan fingerprint density at radius 2 is 1.86 bits per heavy atom. The van der Waals surface area contributed by atoms with E-state index >= 15 is 0 Å². The SMILES string of the molecule is CN=C(NCCNC(=O)c1ccc(C)c(F)c1)NC(C)(C)C. The van der Waals surface area contributed by atoms with Crippen molar-refractivity contribution in [2.45, 2.75) is 33.2 Å². The summed E-state index contributed by atoms with van der Waals surface area (Å²) in [7, 11) is 1.69. The quantitative estimate of drug-likeness (QED) is 0.452. The second-order valence-corrected chi connectivity index (χ2v) is 6.09. The van der Waals surface area contributed by atoms with Crippen LogP contribution in [0.3, 0.4) is 0 Å². The third-order valence-electron chi connectivity index (χ3n) is 2.85. The molecule has 1 rings (SSSR count). The van der Waals surface area contributed by atoms with Crippen molar-refractivity contribution in [3.05, 3.63) is 35.1 Å². The molecule has 1 amide bonds. The lowest BCUT2D eigenvalue weighted by molar-refractivity contribution is 0.0954. The van der Waals surface area contributed by atoms with Crippen molar-refractivity contribution < 1.29 is 9.18 Å². The van der Waals surface area contributed by atoms with Crippen LogP contribution < -0.4 is 16.0 Å². The lowest BCUT2D eigenvalue weighted by atomic mass is 10.1. The van der Waals surface area contributed by atoms with Crippen LogP contribution in [0.15, 0.2) is 23.2 Å². The number of rotatable bonds is 4. The van der Waals surface area contributed by atoms with Crippen molar-refractivity contribution in [1.82, 2.24) is 16.0 Å². The second-order valence-electron chi connectivity index (χ2n) is 6.09. The molecule has 0 aromatic heterocycles. The molecule has 0 saturated heterocycles. The molecule has 0 aliphatic rings. The van der Waals surface area contributed by atoms with Gasteiger partial charge in [-0.1, -0.05) is 6.07 Å². The summed E-state index contributed by atoms with van der Waals surface area (Å²) in [4.78, 5) is 16.0. The van der Waals surface area contributed by atoms with Gasteiger partial charge in [0.25, 0.3) is 5.91 Å². The van der Waals surface area contributed by atoms with E-state index in [-0.39, 0.29) is 17.3 Å². The lowest BCUT2D eigenvalue weighted by Crippen LogP contribution is -2.49. The number of guanidine groups is 1. The Kier molecular flexibility index (Phi) is 6.34. The van der Waals surface area contributed by atoms with Crippen LogP contribution in [0.2, 0.25) is 0 Å². The van der Waals surface area contributed by atoms with Gasteiger partial charge >= 0.3 is 0 Å². The van der Waals surface area contributed by atoms with E-state index in [1.807, 2.05) is 20.8 Å². The minimum atomic E-state index is -0.374. The van der Waals surface area contributed by atoms with E-state index in [1.165, 1.54) is 6.07 Å². The highest BCUT2D eigenvalue weighted by molar-refractivity contribution is 5.94. The van der Waals surface area contributed by atoms with Gasteiger partial charge in [0.05, 0.1) is 0 Å². The third-order valence-corrected chi connectivity index (χ3v) is 2.85. The molecule has 1 aromatic rings. The number of carbonyl (C=O) groups excluding carboxylic acids is 1. The average molecular weight is 308 g/mol. The van der Waals surface area contributed by atoms with E-state index < -0.39 is 0 Å². The van der Waals surface area contributed by atoms with Crippen molar-refractivity contribution in [2.75, 3.05) is 20.1 Å². The predicted octanol–water partition coefficient (Wildman–Crippen LogP) is 1.83. The molecule has 0 atom stereocenters. The summed E-state index contributed by atoms with van der Waals surface area (Å²) < 4.78 is 13.4. The number of nitrogens with zero attached hydrogens (tertiary/aromatic N) is 1. The fourth-order valence-corrected chi connectivity index (χ4v) is 1.73. The van der Waals surface area contributed by atoms with Gasteiger partial charge in [-0.3, -0.25) is 9.79 Å². The maximum Gasteiger partial charge on any atom is 0.251 e. The molecule has 0 radical (unpaired) electrons. The molecule has 0 bridgehead atoms. The average Bonchev–Trinajstić information content (AvgIpc) is 2.43. The summed E-state index contributed by atoms with van der Waals surface area (Å²) in [6.45, 7) is 8.71. The standard InChI is InChI=1S/C16H25FN4O/c1-11-6-7-12(10-13(11)17)14(22)19-8-9-20-15(18-5)21-16(2,3)4/h6-7,10H,8-9H2,1-5H3,(H,19,22)(H2,18,20,21). The van der Waals surface area contributed by atoms with E-state index in [2.05, 4.69) is 20.9 Å². The molecule has 1 aromatic carbocycles. The highest BCUT2D eigenvalue weighted by Crippen LogP contribution is 2.08. The van der Waals surface area contributed by atoms with Crippen LogP contribution >= 0.6 is 0 Å². The van der Waals surface area contributed by atoms with E-state index in [1.54, 1.807) is 26.1 Å². The number of aryl methyl sites for hydroxylation is 1. The van der Waals surface area contributed by atoms with Gasteiger partial charge in [0, 0.05) is 31.2 Å². The summed E-state index contributed by atoms with van der Waals surface area (Å²) in [6.07, 6.45) is 0. The number of hydrogen-bond acceptors (Lipinski definition) is 2. The molecule has 0 aliphatic carbocycles. The molecule has 0 saturated carbocycles. The second kappa shape index (κ2) is 7.77. The largest absolute Gasteiger partial charge is 0.355 e. The van der Waals surface area contributed by atoms with Crippen LogP contribution in [-0.2, 0) is 0 Å². The van der Waals surface area contributed by atoms with E-state index in [0.29, 0.717) is 30.2 Å². The maximum atomic E-state index is 13.4. The molecule has 5 nitrogen and oxygen atoms in total. The molecule has 22 heavy (non-hydrogen) atoms. The molecular formula is C16H25FN4O. The van der Waals surface area contributed by atoms with Gasteiger partial charge in [0.1, 0.15) is 5.82 Å². The van der Waals surface area contributed by atoms with E-state index in [4.69, 9.17) is 0 Å². The normalized spacial score (nSPS) is 12.0. The Morgan fingerprint density at radius 1 is 1.23 bits per heavy atom. The van der Waals surface area contributed by atoms with E-state index in [0.717, 1.165) is 0 Å². The Morgan fingerprint density at radius 3 is 2.41 bits per heavy atom. The fourth-order valence-electron chi connectivity index (χ4n) is 1.73. The van der Waals surface area contributed by atoms with Gasteiger partial charge in [-0.25, -0.2) is 4.39 Å². The number of aliphatic imine (C=N–C) groups is 1. The number of hydrogen-bond donors (Lipinski definition) is 3. The summed E-state index contributed by atoms with van der Waals surface area (Å²) in [5, 5.41) is 9.06. The number of amides is 1. The van der Waals surface area contributed by atoms with Crippen molar-refractivity contribution in [3.63, 3.8) is 0 Å². The lowest BCUT2D eigenvalue weighted by Gasteiger charge is -2.23. The van der Waals surface area contributed by atoms with Crippen LogP contribution in [0.4, 0.5) is 4.39 Å². The number of nitrogens with one attached hydrogen (secondary N) is 3. The first-order valence-corrected chi connectivity index (χ1v) is 7.26. The summed E-state index contributed by atoms with van der Waals surface area (Å²) in [5.41, 5.74) is 0.750. The summed E-state index contributed by atoms with van der Waals surface area (Å²) in [5.74, 6) is 0.00292. The molecule has 0 fully saturated rings. The number of carbonyl (C=O) groups is 1. The topological polar surface area (TPSA) is 65.5 Å². The van der Waals surface area contributed by atoms with Crippen LogP contribution in [0.5, 0.6) is 0 Å². The number of benzene rings is 1. The molecule has 0 aliphatic heterocycles. The molecule has 0 spiro atoms. The Balaban J connectivity index is 2.40. The smallest absolute Gasteiger partial charge is 0.251 e. The summed E-state index contributed by atoms with van der Waals surface area (Å²) >= 11 is 0. The van der Waals surface area contributed by atoms with Crippen molar-refractivity contribution >= 4 is 11.9 Å². The molecule has 0 heterocycles. The van der Waals surface area contributed by atoms with Crippen LogP contribution in [0.1, 0.15) is 36.7 Å². The highest BCUT2D eigenvalue weighted by Gasteiger charge is 2.11. The van der Waals surface area contributed by atoms with Gasteiger partial charge < -0.3 is 16.0 Å². The maximum absolute atomic E-state index is 13.4. The molecule has 3 N–H and O–H groups in total. The van der Waals surface area contributed by atoms with Crippen molar-refractivity contribution in [2.24, 2.45) is 4.99 Å². The van der Waals surface area contributed by atoms with Crippen LogP contribution in [0.25, 0.3) is 0 Å². The third kappa shape index (κ3) is 6.11. The van der Waals surface area contributed by atoms with Gasteiger partial charge in [0.15, 0.2) is 5.96 Å². The zero-order valence-electron chi connectivity index (χ0n) is 13.9. The Labute approximate surface area is 131 Å². The van der Waals surface area contributed by atoms with E-state index in [9.17, 15) is 9.18 Å². The molecule has 122 valence electrons. The zero-order chi connectivity index (χ0) is 16.8. The first-order chi connectivity index (χ1) is 10.2. The zero-order valence-corrected chi connectivity index (χ0v) is 13.9. The minimum Gasteiger partial charge on any atom is -0.355 e. The van der Waals surface area contributed by atoms with Gasteiger partial charge in [0.2, 0.25) is 0 Å². The van der Waals surface area contributed by atoms with Gasteiger partial charge in [-0.15, -0.1) is 0 Å². The van der Waals surface area contributed by atoms with Crippen LogP contribution in [0, 0.1) is 12.7 Å². The number of halogens is 1. The van der Waals surface area contributed by atoms with Gasteiger partial charge in [-0.2, -0.15) is 0 Å². The van der Waals surface area contributed by atoms with Gasteiger partial charge in [-0.05, 0) is 45.4 Å². The molecule has 6 heteroatoms. The van der Waals surface area contributed by atoms with Crippen molar-refractivity contribution in [1.29, 1.82) is 0 Å². The Bertz CT molecular complexity index is 550. The monoisotopic (exact) mass is 308 g/mol. The predicted molar refractivity (Wildman–Crippen MR) is 87.7 cm³/mol. The molecule has 0 unspecified atom stereocenters. The molecular weight excluding hydrogens is 283 g/mol. The minimum absolute atomic E-state index is 0.0927. The van der Waals surface area contributed by atoms with Crippen molar-refractivity contribution in [3.8, 4) is 0 Å². The first kappa shape index (κ1) is 17.9. The fraction of sp³-hybridized carbons (Fsp3) is 0.500. The Hall–Kier alpha value is -2.11. The summed E-state index contributed by atoms with van der Waals surface area (Å²) in [6, 6.07) is 4.46. The first-order valence-electron chi connectivity index (χ1n) is 7.26.